The normalized spacial score (nSPS) is 23.6. The zero-order chi connectivity index (χ0) is 21.3. The SMILES string of the molecule is CNC(=O)c1[nH]cnc1C(=O)NC1CCC2(CC1)CCN(c1ccccc1Cl)C2=O. The molecule has 1 aliphatic heterocycles. The van der Waals surface area contributed by atoms with Gasteiger partial charge in [-0.2, -0.15) is 0 Å². The van der Waals surface area contributed by atoms with Gasteiger partial charge in [0.05, 0.1) is 22.5 Å². The summed E-state index contributed by atoms with van der Waals surface area (Å²) in [4.78, 5) is 46.2. The molecule has 2 aliphatic rings. The van der Waals surface area contributed by atoms with Gasteiger partial charge in [-0.05, 0) is 44.2 Å². The zero-order valence-electron chi connectivity index (χ0n) is 16.7. The highest BCUT2D eigenvalue weighted by Gasteiger charge is 2.49. The molecule has 1 saturated carbocycles. The highest BCUT2D eigenvalue weighted by atomic mass is 35.5. The van der Waals surface area contributed by atoms with Gasteiger partial charge in [-0.3, -0.25) is 14.4 Å². The second-order valence-electron chi connectivity index (χ2n) is 7.89. The Balaban J connectivity index is 1.39. The lowest BCUT2D eigenvalue weighted by atomic mass is 9.71. The van der Waals surface area contributed by atoms with E-state index in [2.05, 4.69) is 20.6 Å². The van der Waals surface area contributed by atoms with Gasteiger partial charge >= 0.3 is 0 Å². The number of aromatic nitrogens is 2. The molecule has 0 bridgehead atoms. The number of halogens is 1. The molecule has 0 radical (unpaired) electrons. The molecule has 1 spiro atoms. The molecule has 2 heterocycles. The minimum absolute atomic E-state index is 0.0560. The van der Waals surface area contributed by atoms with Gasteiger partial charge in [0.15, 0.2) is 5.69 Å². The highest BCUT2D eigenvalue weighted by molar-refractivity contribution is 6.34. The molecule has 1 aromatic heterocycles. The zero-order valence-corrected chi connectivity index (χ0v) is 17.5. The Labute approximate surface area is 179 Å². The molecule has 2 aromatic rings. The molecule has 0 unspecified atom stereocenters. The number of aromatic amines is 1. The summed E-state index contributed by atoms with van der Waals surface area (Å²) >= 11 is 6.29. The summed E-state index contributed by atoms with van der Waals surface area (Å²) in [6, 6.07) is 7.35. The highest BCUT2D eigenvalue weighted by Crippen LogP contribution is 2.46. The number of nitrogens with zero attached hydrogens (tertiary/aromatic N) is 2. The van der Waals surface area contributed by atoms with Crippen molar-refractivity contribution < 1.29 is 14.4 Å². The maximum Gasteiger partial charge on any atom is 0.272 e. The number of carbonyl (C=O) groups is 3. The summed E-state index contributed by atoms with van der Waals surface area (Å²) < 4.78 is 0. The average molecular weight is 430 g/mol. The number of amides is 3. The average Bonchev–Trinajstić information content (AvgIpc) is 3.36. The number of hydrogen-bond donors (Lipinski definition) is 3. The van der Waals surface area contributed by atoms with Crippen molar-refractivity contribution in [3.8, 4) is 0 Å². The first-order valence-corrected chi connectivity index (χ1v) is 10.5. The van der Waals surface area contributed by atoms with E-state index in [1.807, 2.05) is 18.2 Å². The van der Waals surface area contributed by atoms with Crippen LogP contribution in [0.3, 0.4) is 0 Å². The summed E-state index contributed by atoms with van der Waals surface area (Å²) in [5, 5.41) is 6.03. The van der Waals surface area contributed by atoms with Crippen LogP contribution in [0, 0.1) is 5.41 Å². The van der Waals surface area contributed by atoms with E-state index >= 15 is 0 Å². The molecule has 4 rings (SSSR count). The second kappa shape index (κ2) is 8.10. The van der Waals surface area contributed by atoms with Gasteiger partial charge < -0.3 is 20.5 Å². The van der Waals surface area contributed by atoms with E-state index in [4.69, 9.17) is 11.6 Å². The summed E-state index contributed by atoms with van der Waals surface area (Å²) in [6.07, 6.45) is 4.94. The van der Waals surface area contributed by atoms with Gasteiger partial charge in [0.25, 0.3) is 11.8 Å². The van der Waals surface area contributed by atoms with Crippen molar-refractivity contribution in [1.29, 1.82) is 0 Å². The third-order valence-electron chi connectivity index (χ3n) is 6.24. The lowest BCUT2D eigenvalue weighted by Gasteiger charge is -2.36. The molecule has 1 aromatic carbocycles. The van der Waals surface area contributed by atoms with Crippen molar-refractivity contribution in [1.82, 2.24) is 20.6 Å². The van der Waals surface area contributed by atoms with Crippen molar-refractivity contribution in [2.24, 2.45) is 5.41 Å². The van der Waals surface area contributed by atoms with E-state index < -0.39 is 5.91 Å². The van der Waals surface area contributed by atoms with Crippen molar-refractivity contribution in [3.05, 3.63) is 47.0 Å². The molecule has 9 heteroatoms. The number of rotatable bonds is 4. The third-order valence-corrected chi connectivity index (χ3v) is 6.56. The number of benzene rings is 1. The van der Waals surface area contributed by atoms with Crippen LogP contribution in [0.25, 0.3) is 0 Å². The molecule has 1 saturated heterocycles. The predicted molar refractivity (Wildman–Crippen MR) is 113 cm³/mol. The van der Waals surface area contributed by atoms with E-state index in [9.17, 15) is 14.4 Å². The lowest BCUT2D eigenvalue weighted by molar-refractivity contribution is -0.127. The Bertz CT molecular complexity index is 981. The molecule has 8 nitrogen and oxygen atoms in total. The van der Waals surface area contributed by atoms with Crippen LogP contribution in [0.2, 0.25) is 5.02 Å². The van der Waals surface area contributed by atoms with Gasteiger partial charge in [0.2, 0.25) is 5.91 Å². The van der Waals surface area contributed by atoms with Crippen LogP contribution in [0.5, 0.6) is 0 Å². The van der Waals surface area contributed by atoms with E-state index in [1.54, 1.807) is 11.0 Å². The van der Waals surface area contributed by atoms with Crippen molar-refractivity contribution >= 4 is 35.0 Å². The second-order valence-corrected chi connectivity index (χ2v) is 8.30. The van der Waals surface area contributed by atoms with Gasteiger partial charge in [-0.25, -0.2) is 4.98 Å². The molecule has 3 N–H and O–H groups in total. The Morgan fingerprint density at radius 1 is 1.20 bits per heavy atom. The van der Waals surface area contributed by atoms with E-state index in [1.165, 1.54) is 13.4 Å². The summed E-state index contributed by atoms with van der Waals surface area (Å²) in [6.45, 7) is 0.655. The number of imidazole rings is 1. The summed E-state index contributed by atoms with van der Waals surface area (Å²) in [5.41, 5.74) is 0.594. The van der Waals surface area contributed by atoms with Crippen LogP contribution < -0.4 is 15.5 Å². The van der Waals surface area contributed by atoms with Gasteiger partial charge in [0.1, 0.15) is 5.69 Å². The maximum atomic E-state index is 13.2. The molecule has 2 fully saturated rings. The minimum Gasteiger partial charge on any atom is -0.354 e. The van der Waals surface area contributed by atoms with Gasteiger partial charge in [-0.1, -0.05) is 23.7 Å². The van der Waals surface area contributed by atoms with E-state index in [0.29, 0.717) is 37.3 Å². The lowest BCUT2D eigenvalue weighted by Crippen LogP contribution is -2.44. The fraction of sp³-hybridized carbons (Fsp3) is 0.429. The standard InChI is InChI=1S/C21H24ClN5O3/c1-23-18(28)16-17(25-12-24-16)19(29)26-13-6-8-21(9-7-13)10-11-27(20(21)30)15-5-3-2-4-14(15)22/h2-5,12-13H,6-11H2,1H3,(H,23,28)(H,24,25)(H,26,29). The van der Waals surface area contributed by atoms with Crippen LogP contribution in [0.1, 0.15) is 53.1 Å². The number of nitrogens with one attached hydrogen (secondary N) is 3. The van der Waals surface area contributed by atoms with Crippen LogP contribution in [-0.2, 0) is 4.79 Å². The van der Waals surface area contributed by atoms with Crippen molar-refractivity contribution in [2.75, 3.05) is 18.5 Å². The Morgan fingerprint density at radius 2 is 1.93 bits per heavy atom. The molecule has 3 amide bonds. The van der Waals surface area contributed by atoms with Crippen LogP contribution >= 0.6 is 11.6 Å². The van der Waals surface area contributed by atoms with Crippen molar-refractivity contribution in [3.63, 3.8) is 0 Å². The monoisotopic (exact) mass is 429 g/mol. The van der Waals surface area contributed by atoms with E-state index in [0.717, 1.165) is 12.1 Å². The first-order chi connectivity index (χ1) is 14.4. The van der Waals surface area contributed by atoms with E-state index in [-0.39, 0.29) is 34.7 Å². The number of H-pyrrole nitrogens is 1. The molecule has 158 valence electrons. The van der Waals surface area contributed by atoms with Crippen LogP contribution in [-0.4, -0.2) is 47.3 Å². The number of hydrogen-bond acceptors (Lipinski definition) is 4. The first-order valence-electron chi connectivity index (χ1n) is 10.1. The predicted octanol–water partition coefficient (Wildman–Crippen LogP) is 2.52. The topological polar surface area (TPSA) is 107 Å². The largest absolute Gasteiger partial charge is 0.354 e. The number of anilines is 1. The Morgan fingerprint density at radius 3 is 2.63 bits per heavy atom. The maximum absolute atomic E-state index is 13.2. The Hall–Kier alpha value is -2.87. The molecule has 30 heavy (non-hydrogen) atoms. The summed E-state index contributed by atoms with van der Waals surface area (Å²) in [7, 11) is 1.50. The number of carbonyl (C=O) groups excluding carboxylic acids is 3. The first kappa shape index (κ1) is 20.4. The quantitative estimate of drug-likeness (QED) is 0.694. The minimum atomic E-state index is -0.392. The summed E-state index contributed by atoms with van der Waals surface area (Å²) in [5.74, 6) is -0.655. The number of para-hydroxylation sites is 1. The molecule has 0 atom stereocenters. The molecule has 1 aliphatic carbocycles. The third kappa shape index (κ3) is 3.56. The fourth-order valence-electron chi connectivity index (χ4n) is 4.52. The molecular weight excluding hydrogens is 406 g/mol. The van der Waals surface area contributed by atoms with Gasteiger partial charge in [0, 0.05) is 19.6 Å². The fourth-order valence-corrected chi connectivity index (χ4v) is 4.76. The molecular formula is C21H24ClN5O3. The smallest absolute Gasteiger partial charge is 0.272 e. The Kier molecular flexibility index (Phi) is 5.51. The van der Waals surface area contributed by atoms with Crippen LogP contribution in [0.4, 0.5) is 5.69 Å². The van der Waals surface area contributed by atoms with Crippen LogP contribution in [0.15, 0.2) is 30.6 Å². The van der Waals surface area contributed by atoms with Gasteiger partial charge in [-0.15, -0.1) is 0 Å². The van der Waals surface area contributed by atoms with Crippen molar-refractivity contribution in [2.45, 2.75) is 38.1 Å².